The van der Waals surface area contributed by atoms with Crippen LogP contribution in [0.25, 0.3) is 11.1 Å². The third-order valence-electron chi connectivity index (χ3n) is 7.41. The van der Waals surface area contributed by atoms with Gasteiger partial charge in [-0.2, -0.15) is 0 Å². The molecule has 23 heavy (non-hydrogen) atoms. The highest BCUT2D eigenvalue weighted by Crippen LogP contribution is 2.69. The average Bonchev–Trinajstić information content (AvgIpc) is 2.83. The Hall–Kier alpha value is -1.34. The molecule has 5 aliphatic rings. The molecule has 7 rings (SSSR count). The predicted molar refractivity (Wildman–Crippen MR) is 92.5 cm³/mol. The van der Waals surface area contributed by atoms with Gasteiger partial charge in [-0.15, -0.1) is 0 Å². The van der Waals surface area contributed by atoms with Crippen LogP contribution in [-0.2, 0) is 5.41 Å². The van der Waals surface area contributed by atoms with E-state index in [0.717, 1.165) is 28.7 Å². The second-order valence-corrected chi connectivity index (χ2v) is 8.72. The van der Waals surface area contributed by atoms with E-state index < -0.39 is 0 Å². The zero-order chi connectivity index (χ0) is 15.2. The molecule has 0 amide bonds. The van der Waals surface area contributed by atoms with Gasteiger partial charge >= 0.3 is 0 Å². The zero-order valence-corrected chi connectivity index (χ0v) is 13.9. The number of nitrogens with zero attached hydrogens (tertiary/aromatic N) is 1. The van der Waals surface area contributed by atoms with Gasteiger partial charge in [0, 0.05) is 22.8 Å². The fourth-order valence-electron chi connectivity index (χ4n) is 7.01. The molecule has 0 unspecified atom stereocenters. The Balaban J connectivity index is 1.68. The largest absolute Gasteiger partial charge is 0.264 e. The number of halogens is 1. The smallest absolute Gasteiger partial charge is 0.0412 e. The molecule has 0 aliphatic heterocycles. The lowest BCUT2D eigenvalue weighted by atomic mass is 9.43. The third-order valence-corrected chi connectivity index (χ3v) is 7.65. The maximum atomic E-state index is 6.35. The molecule has 0 radical (unpaired) electrons. The highest BCUT2D eigenvalue weighted by atomic mass is 35.5. The van der Waals surface area contributed by atoms with Crippen LogP contribution in [0.1, 0.15) is 43.2 Å². The number of aromatic nitrogens is 1. The van der Waals surface area contributed by atoms with Crippen LogP contribution in [-0.4, -0.2) is 4.98 Å². The number of rotatable bonds is 0. The Morgan fingerprint density at radius 3 is 2.35 bits per heavy atom. The maximum Gasteiger partial charge on any atom is 0.0412 e. The molecule has 2 aromatic rings. The van der Waals surface area contributed by atoms with E-state index in [1.165, 1.54) is 48.8 Å². The minimum atomic E-state index is 0.233. The standard InChI is InChI=1S/C21H20ClN/c22-16-1-2-19-18(10-16)17-3-4-23-11-20(17)21(19)14-6-12-5-13(8-14)9-15(21)7-12/h1-4,10-15H,5-9H2. The van der Waals surface area contributed by atoms with Crippen molar-refractivity contribution in [1.82, 2.24) is 4.98 Å². The van der Waals surface area contributed by atoms with E-state index >= 15 is 0 Å². The summed E-state index contributed by atoms with van der Waals surface area (Å²) in [6.07, 6.45) is 11.3. The van der Waals surface area contributed by atoms with E-state index in [9.17, 15) is 0 Å². The maximum absolute atomic E-state index is 6.35. The summed E-state index contributed by atoms with van der Waals surface area (Å²) in [5.41, 5.74) is 6.06. The quantitative estimate of drug-likeness (QED) is 0.628. The number of hydrogen-bond donors (Lipinski definition) is 0. The summed E-state index contributed by atoms with van der Waals surface area (Å²) in [5.74, 6) is 3.59. The summed E-state index contributed by atoms with van der Waals surface area (Å²) in [6, 6.07) is 8.84. The van der Waals surface area contributed by atoms with Crippen LogP contribution in [0.3, 0.4) is 0 Å². The van der Waals surface area contributed by atoms with Gasteiger partial charge in [0.1, 0.15) is 0 Å². The van der Waals surface area contributed by atoms with Crippen LogP contribution in [0, 0.1) is 23.7 Å². The Labute approximate surface area is 142 Å². The first kappa shape index (κ1) is 13.0. The number of pyridine rings is 1. The first-order valence-corrected chi connectivity index (χ1v) is 9.39. The van der Waals surface area contributed by atoms with Crippen molar-refractivity contribution in [2.24, 2.45) is 23.7 Å². The minimum absolute atomic E-state index is 0.233. The lowest BCUT2D eigenvalue weighted by Gasteiger charge is -2.61. The fourth-order valence-corrected chi connectivity index (χ4v) is 7.18. The molecule has 116 valence electrons. The summed E-state index contributed by atoms with van der Waals surface area (Å²) in [6.45, 7) is 0. The first-order valence-electron chi connectivity index (χ1n) is 9.01. The SMILES string of the molecule is Clc1ccc2c(c1)-c1ccncc1C21C2CC3CC(C2)CC1C3. The third kappa shape index (κ3) is 1.44. The molecule has 4 bridgehead atoms. The molecule has 2 heteroatoms. The lowest BCUT2D eigenvalue weighted by Crippen LogP contribution is -2.55. The average molecular weight is 322 g/mol. The van der Waals surface area contributed by atoms with Crippen LogP contribution in [0.2, 0.25) is 5.02 Å². The second kappa shape index (κ2) is 4.19. The predicted octanol–water partition coefficient (Wildman–Crippen LogP) is 5.46. The van der Waals surface area contributed by atoms with Crippen molar-refractivity contribution in [3.8, 4) is 11.1 Å². The molecule has 1 nitrogen and oxygen atoms in total. The summed E-state index contributed by atoms with van der Waals surface area (Å²) < 4.78 is 0. The van der Waals surface area contributed by atoms with E-state index in [0.29, 0.717) is 0 Å². The van der Waals surface area contributed by atoms with Gasteiger partial charge in [-0.05, 0) is 96.2 Å². The van der Waals surface area contributed by atoms with Crippen molar-refractivity contribution in [3.05, 3.63) is 52.8 Å². The van der Waals surface area contributed by atoms with Gasteiger partial charge in [-0.3, -0.25) is 4.98 Å². The molecule has 0 saturated heterocycles. The molecule has 4 saturated carbocycles. The van der Waals surface area contributed by atoms with Gasteiger partial charge in [-0.25, -0.2) is 0 Å². The van der Waals surface area contributed by atoms with Crippen molar-refractivity contribution in [3.63, 3.8) is 0 Å². The number of fused-ring (bicyclic) bond motifs is 3. The molecule has 1 aromatic heterocycles. The van der Waals surface area contributed by atoms with Gasteiger partial charge in [0.25, 0.3) is 0 Å². The second-order valence-electron chi connectivity index (χ2n) is 8.28. The highest BCUT2D eigenvalue weighted by molar-refractivity contribution is 6.31. The normalized spacial score (nSPS) is 38.8. The first-order chi connectivity index (χ1) is 11.3. The van der Waals surface area contributed by atoms with Crippen LogP contribution >= 0.6 is 11.6 Å². The highest BCUT2D eigenvalue weighted by Gasteiger charge is 2.61. The van der Waals surface area contributed by atoms with Gasteiger partial charge < -0.3 is 0 Å². The molecule has 1 spiro atoms. The van der Waals surface area contributed by atoms with Crippen LogP contribution in [0.15, 0.2) is 36.7 Å². The molecule has 0 N–H and O–H groups in total. The summed E-state index contributed by atoms with van der Waals surface area (Å²) in [5, 5.41) is 0.854. The van der Waals surface area contributed by atoms with Crippen molar-refractivity contribution < 1.29 is 0 Å². The van der Waals surface area contributed by atoms with E-state index in [4.69, 9.17) is 11.6 Å². The summed E-state index contributed by atoms with van der Waals surface area (Å²) in [7, 11) is 0. The molecule has 5 aliphatic carbocycles. The van der Waals surface area contributed by atoms with Gasteiger partial charge in [0.05, 0.1) is 0 Å². The summed E-state index contributed by atoms with van der Waals surface area (Å²) >= 11 is 6.35. The van der Waals surface area contributed by atoms with Gasteiger partial charge in [-0.1, -0.05) is 17.7 Å². The number of benzene rings is 1. The molecule has 1 aromatic carbocycles. The Morgan fingerprint density at radius 1 is 0.870 bits per heavy atom. The van der Waals surface area contributed by atoms with Crippen molar-refractivity contribution in [2.45, 2.75) is 37.5 Å². The molecule has 4 fully saturated rings. The van der Waals surface area contributed by atoms with E-state index in [-0.39, 0.29) is 5.41 Å². The Kier molecular flexibility index (Phi) is 2.37. The fraction of sp³-hybridized carbons (Fsp3) is 0.476. The van der Waals surface area contributed by atoms with Crippen molar-refractivity contribution >= 4 is 11.6 Å². The van der Waals surface area contributed by atoms with Crippen molar-refractivity contribution in [1.29, 1.82) is 0 Å². The molecule has 1 heterocycles. The van der Waals surface area contributed by atoms with E-state index in [1.807, 2.05) is 6.20 Å². The van der Waals surface area contributed by atoms with Gasteiger partial charge in [0.15, 0.2) is 0 Å². The molecule has 0 atom stereocenters. The number of hydrogen-bond acceptors (Lipinski definition) is 1. The molecular weight excluding hydrogens is 302 g/mol. The zero-order valence-electron chi connectivity index (χ0n) is 13.1. The van der Waals surface area contributed by atoms with Crippen LogP contribution < -0.4 is 0 Å². The Bertz CT molecular complexity index is 796. The monoisotopic (exact) mass is 321 g/mol. The van der Waals surface area contributed by atoms with E-state index in [2.05, 4.69) is 35.4 Å². The van der Waals surface area contributed by atoms with Gasteiger partial charge in [0.2, 0.25) is 0 Å². The topological polar surface area (TPSA) is 12.9 Å². The van der Waals surface area contributed by atoms with E-state index in [1.54, 1.807) is 5.56 Å². The van der Waals surface area contributed by atoms with Crippen LogP contribution in [0.4, 0.5) is 0 Å². The van der Waals surface area contributed by atoms with Crippen LogP contribution in [0.5, 0.6) is 0 Å². The minimum Gasteiger partial charge on any atom is -0.264 e. The Morgan fingerprint density at radius 2 is 1.61 bits per heavy atom. The molecular formula is C21H20ClN. The summed E-state index contributed by atoms with van der Waals surface area (Å²) in [4.78, 5) is 4.54. The van der Waals surface area contributed by atoms with Crippen molar-refractivity contribution in [2.75, 3.05) is 0 Å². The lowest BCUT2D eigenvalue weighted by molar-refractivity contribution is -0.0400.